The van der Waals surface area contributed by atoms with E-state index in [1.54, 1.807) is 24.1 Å². The van der Waals surface area contributed by atoms with E-state index in [9.17, 15) is 19.7 Å². The lowest BCUT2D eigenvalue weighted by molar-refractivity contribution is -0.384. The molecule has 3 aromatic carbocycles. The number of hydrogen-bond donors (Lipinski definition) is 2. The second kappa shape index (κ2) is 11.0. The maximum Gasteiger partial charge on any atom is 0.269 e. The second-order valence-electron chi connectivity index (χ2n) is 9.76. The molecule has 4 rings (SSSR count). The number of nitrogens with one attached hydrogen (secondary N) is 2. The molecule has 1 aliphatic heterocycles. The Morgan fingerprint density at radius 1 is 0.973 bits per heavy atom. The first-order valence-corrected chi connectivity index (χ1v) is 12.4. The molecule has 1 saturated heterocycles. The summed E-state index contributed by atoms with van der Waals surface area (Å²) < 4.78 is 0. The maximum absolute atomic E-state index is 13.7. The van der Waals surface area contributed by atoms with Gasteiger partial charge in [-0.2, -0.15) is 0 Å². The van der Waals surface area contributed by atoms with Crippen molar-refractivity contribution in [1.82, 2.24) is 15.5 Å². The van der Waals surface area contributed by atoms with Crippen molar-refractivity contribution < 1.29 is 14.5 Å². The Labute approximate surface area is 216 Å². The fourth-order valence-corrected chi connectivity index (χ4v) is 4.95. The van der Waals surface area contributed by atoms with Crippen molar-refractivity contribution in [3.05, 3.63) is 81.9 Å². The predicted octanol–water partition coefficient (Wildman–Crippen LogP) is 3.37. The van der Waals surface area contributed by atoms with Crippen LogP contribution in [0.15, 0.2) is 60.7 Å². The molecule has 37 heavy (non-hydrogen) atoms. The van der Waals surface area contributed by atoms with Crippen molar-refractivity contribution in [3.63, 3.8) is 0 Å². The topological polar surface area (TPSA) is 108 Å². The molecule has 1 fully saturated rings. The standard InChI is InChI=1S/C28H33N5O4/c1-31(2)25-13-12-24(22-6-4-5-7-23(22)25)26(34)30-28(15-17-29-18-16-28)27(35)32(3)19-14-20-8-10-21(11-9-20)33(36)37/h4-13,29H,14-19H2,1-3H3,(H,30,34). The van der Waals surface area contributed by atoms with Crippen LogP contribution in [0.5, 0.6) is 0 Å². The number of non-ortho nitro benzene ring substituents is 1. The normalized spacial score (nSPS) is 14.7. The quantitative estimate of drug-likeness (QED) is 0.361. The van der Waals surface area contributed by atoms with E-state index < -0.39 is 10.5 Å². The van der Waals surface area contributed by atoms with Gasteiger partial charge in [-0.15, -0.1) is 0 Å². The molecule has 9 nitrogen and oxygen atoms in total. The number of likely N-dealkylation sites (N-methyl/N-ethyl adjacent to an activating group) is 1. The van der Waals surface area contributed by atoms with E-state index >= 15 is 0 Å². The number of carbonyl (C=O) groups is 2. The van der Waals surface area contributed by atoms with Crippen molar-refractivity contribution in [2.75, 3.05) is 45.7 Å². The highest BCUT2D eigenvalue weighted by Crippen LogP contribution is 2.30. The fraction of sp³-hybridized carbons (Fsp3) is 0.357. The highest BCUT2D eigenvalue weighted by Gasteiger charge is 2.42. The summed E-state index contributed by atoms with van der Waals surface area (Å²) in [7, 11) is 5.68. The van der Waals surface area contributed by atoms with Crippen molar-refractivity contribution in [3.8, 4) is 0 Å². The van der Waals surface area contributed by atoms with Crippen molar-refractivity contribution in [1.29, 1.82) is 0 Å². The van der Waals surface area contributed by atoms with Crippen LogP contribution in [0.2, 0.25) is 0 Å². The minimum absolute atomic E-state index is 0.0377. The number of benzene rings is 3. The number of hydrogen-bond acceptors (Lipinski definition) is 6. The minimum atomic E-state index is -1.01. The van der Waals surface area contributed by atoms with E-state index in [1.165, 1.54) is 12.1 Å². The zero-order valence-corrected chi connectivity index (χ0v) is 21.5. The summed E-state index contributed by atoms with van der Waals surface area (Å²) in [4.78, 5) is 41.5. The van der Waals surface area contributed by atoms with Crippen molar-refractivity contribution >= 4 is 34.0 Å². The second-order valence-corrected chi connectivity index (χ2v) is 9.76. The van der Waals surface area contributed by atoms with Gasteiger partial charge in [-0.3, -0.25) is 19.7 Å². The van der Waals surface area contributed by atoms with Gasteiger partial charge in [0.2, 0.25) is 5.91 Å². The van der Waals surface area contributed by atoms with Gasteiger partial charge in [-0.1, -0.05) is 36.4 Å². The molecule has 9 heteroatoms. The third-order valence-electron chi connectivity index (χ3n) is 7.08. The highest BCUT2D eigenvalue weighted by atomic mass is 16.6. The van der Waals surface area contributed by atoms with Crippen LogP contribution in [0.3, 0.4) is 0 Å². The van der Waals surface area contributed by atoms with E-state index in [-0.39, 0.29) is 17.5 Å². The third-order valence-corrected chi connectivity index (χ3v) is 7.08. The van der Waals surface area contributed by atoms with Crippen LogP contribution in [0.4, 0.5) is 11.4 Å². The number of amides is 2. The van der Waals surface area contributed by atoms with Gasteiger partial charge < -0.3 is 20.4 Å². The molecule has 0 bridgehead atoms. The molecule has 0 aliphatic carbocycles. The number of nitro benzene ring substituents is 1. The van der Waals surface area contributed by atoms with E-state index in [0.717, 1.165) is 22.0 Å². The third kappa shape index (κ3) is 5.56. The lowest BCUT2D eigenvalue weighted by Crippen LogP contribution is -2.63. The predicted molar refractivity (Wildman–Crippen MR) is 145 cm³/mol. The summed E-state index contributed by atoms with van der Waals surface area (Å²) in [6.07, 6.45) is 1.54. The molecule has 0 aromatic heterocycles. The Bertz CT molecular complexity index is 1300. The molecular weight excluding hydrogens is 470 g/mol. The van der Waals surface area contributed by atoms with E-state index in [2.05, 4.69) is 10.6 Å². The van der Waals surface area contributed by atoms with Crippen LogP contribution in [-0.4, -0.2) is 68.0 Å². The van der Waals surface area contributed by atoms with Crippen molar-refractivity contribution in [2.45, 2.75) is 24.8 Å². The van der Waals surface area contributed by atoms with Gasteiger partial charge in [-0.25, -0.2) is 0 Å². The van der Waals surface area contributed by atoms with Crippen LogP contribution in [0, 0.1) is 10.1 Å². The number of anilines is 1. The molecule has 2 N–H and O–H groups in total. The molecule has 0 spiro atoms. The highest BCUT2D eigenvalue weighted by molar-refractivity contribution is 6.11. The Morgan fingerprint density at radius 3 is 2.24 bits per heavy atom. The molecule has 2 amide bonds. The fourth-order valence-electron chi connectivity index (χ4n) is 4.95. The number of nitro groups is 1. The van der Waals surface area contributed by atoms with E-state index in [1.807, 2.05) is 55.4 Å². The lowest BCUT2D eigenvalue weighted by atomic mass is 9.86. The van der Waals surface area contributed by atoms with E-state index in [4.69, 9.17) is 0 Å². The van der Waals surface area contributed by atoms with E-state index in [0.29, 0.717) is 44.5 Å². The van der Waals surface area contributed by atoms with Gasteiger partial charge in [0.25, 0.3) is 11.6 Å². The first kappa shape index (κ1) is 26.1. The van der Waals surface area contributed by atoms with Crippen LogP contribution < -0.4 is 15.5 Å². The molecule has 0 unspecified atom stereocenters. The molecule has 1 heterocycles. The number of piperidine rings is 1. The van der Waals surface area contributed by atoms with Crippen LogP contribution >= 0.6 is 0 Å². The Morgan fingerprint density at radius 2 is 1.62 bits per heavy atom. The number of fused-ring (bicyclic) bond motifs is 1. The van der Waals surface area contributed by atoms with Crippen molar-refractivity contribution in [2.24, 2.45) is 0 Å². The SMILES string of the molecule is CN(CCc1ccc([N+](=O)[O-])cc1)C(=O)C1(NC(=O)c2ccc(N(C)C)c3ccccc23)CCNCC1. The maximum atomic E-state index is 13.7. The van der Waals surface area contributed by atoms with Gasteiger partial charge in [0.1, 0.15) is 5.54 Å². The zero-order chi connectivity index (χ0) is 26.6. The Balaban J connectivity index is 1.54. The smallest absolute Gasteiger partial charge is 0.269 e. The van der Waals surface area contributed by atoms with Gasteiger partial charge in [0, 0.05) is 56.5 Å². The monoisotopic (exact) mass is 503 g/mol. The average molecular weight is 504 g/mol. The summed E-state index contributed by atoms with van der Waals surface area (Å²) in [6, 6.07) is 17.9. The van der Waals surface area contributed by atoms with Gasteiger partial charge in [-0.05, 0) is 55.4 Å². The molecule has 0 saturated carbocycles. The summed E-state index contributed by atoms with van der Waals surface area (Å²) in [5.41, 5.74) is 1.50. The summed E-state index contributed by atoms with van der Waals surface area (Å²) in [6.45, 7) is 1.69. The first-order chi connectivity index (χ1) is 17.7. The molecular formula is C28H33N5O4. The van der Waals surface area contributed by atoms with Crippen LogP contribution in [0.1, 0.15) is 28.8 Å². The number of carbonyl (C=O) groups excluding carboxylic acids is 2. The molecule has 3 aromatic rings. The average Bonchev–Trinajstić information content (AvgIpc) is 2.91. The molecule has 0 radical (unpaired) electrons. The minimum Gasteiger partial charge on any atom is -0.377 e. The number of rotatable bonds is 8. The Kier molecular flexibility index (Phi) is 7.73. The largest absolute Gasteiger partial charge is 0.377 e. The summed E-state index contributed by atoms with van der Waals surface area (Å²) in [5, 5.41) is 19.1. The zero-order valence-electron chi connectivity index (χ0n) is 21.5. The molecule has 1 aliphatic rings. The molecule has 0 atom stereocenters. The van der Waals surface area contributed by atoms with Gasteiger partial charge >= 0.3 is 0 Å². The Hall–Kier alpha value is -3.98. The van der Waals surface area contributed by atoms with Gasteiger partial charge in [0.05, 0.1) is 4.92 Å². The summed E-state index contributed by atoms with van der Waals surface area (Å²) >= 11 is 0. The molecule has 194 valence electrons. The van der Waals surface area contributed by atoms with Crippen LogP contribution in [-0.2, 0) is 11.2 Å². The van der Waals surface area contributed by atoms with Crippen LogP contribution in [0.25, 0.3) is 10.8 Å². The first-order valence-electron chi connectivity index (χ1n) is 12.4. The number of nitrogens with zero attached hydrogens (tertiary/aromatic N) is 3. The summed E-state index contributed by atoms with van der Waals surface area (Å²) in [5.74, 6) is -0.390. The lowest BCUT2D eigenvalue weighted by Gasteiger charge is -2.39. The van der Waals surface area contributed by atoms with Gasteiger partial charge in [0.15, 0.2) is 0 Å².